The van der Waals surface area contributed by atoms with Crippen molar-refractivity contribution in [2.75, 3.05) is 26.2 Å². The van der Waals surface area contributed by atoms with Gasteiger partial charge in [0.25, 0.3) is 0 Å². The molecule has 0 amide bonds. The van der Waals surface area contributed by atoms with Crippen LogP contribution in [0.15, 0.2) is 24.3 Å². The normalized spacial score (nSPS) is 17.2. The molecule has 0 aliphatic heterocycles. The van der Waals surface area contributed by atoms with Gasteiger partial charge in [0, 0.05) is 23.1 Å². The Kier molecular flexibility index (Phi) is 4.93. The fourth-order valence-electron chi connectivity index (χ4n) is 3.51. The fraction of sp³-hybridized carbons (Fsp3) is 0.579. The van der Waals surface area contributed by atoms with Crippen LogP contribution in [0.2, 0.25) is 0 Å². The number of aliphatic hydroxyl groups is 1. The number of ether oxygens (including phenoxy) is 1. The lowest BCUT2D eigenvalue weighted by atomic mass is 9.98. The lowest BCUT2D eigenvalue weighted by Gasteiger charge is -2.20. The van der Waals surface area contributed by atoms with Crippen molar-refractivity contribution in [3.05, 3.63) is 30.0 Å². The van der Waals surface area contributed by atoms with Crippen LogP contribution in [0.5, 0.6) is 5.75 Å². The Balaban J connectivity index is 1.69. The van der Waals surface area contributed by atoms with Crippen molar-refractivity contribution >= 4 is 10.9 Å². The number of benzene rings is 1. The SMILES string of the molecule is CCN(CC)CCOc1ccc2[nH]c(C3(O)CCCC3)cc2c1. The Hall–Kier alpha value is -1.52. The van der Waals surface area contributed by atoms with Crippen molar-refractivity contribution in [2.45, 2.75) is 45.1 Å². The molecule has 4 heteroatoms. The van der Waals surface area contributed by atoms with Crippen LogP contribution in [-0.4, -0.2) is 41.2 Å². The molecule has 126 valence electrons. The number of hydrogen-bond donors (Lipinski definition) is 2. The van der Waals surface area contributed by atoms with Gasteiger partial charge in [-0.15, -0.1) is 0 Å². The Labute approximate surface area is 138 Å². The number of H-pyrrole nitrogens is 1. The minimum Gasteiger partial charge on any atom is -0.492 e. The van der Waals surface area contributed by atoms with Gasteiger partial charge in [-0.1, -0.05) is 26.7 Å². The molecule has 23 heavy (non-hydrogen) atoms. The zero-order chi connectivity index (χ0) is 16.3. The van der Waals surface area contributed by atoms with E-state index in [0.29, 0.717) is 6.61 Å². The van der Waals surface area contributed by atoms with E-state index in [2.05, 4.69) is 35.9 Å². The van der Waals surface area contributed by atoms with Crippen LogP contribution >= 0.6 is 0 Å². The number of nitrogens with zero attached hydrogens (tertiary/aromatic N) is 1. The van der Waals surface area contributed by atoms with Gasteiger partial charge in [-0.25, -0.2) is 0 Å². The fourth-order valence-corrected chi connectivity index (χ4v) is 3.51. The molecule has 0 atom stereocenters. The predicted octanol–water partition coefficient (Wildman–Crippen LogP) is 3.65. The van der Waals surface area contributed by atoms with Gasteiger partial charge in [0.15, 0.2) is 0 Å². The Morgan fingerprint density at radius 1 is 1.17 bits per heavy atom. The summed E-state index contributed by atoms with van der Waals surface area (Å²) in [5, 5.41) is 11.8. The largest absolute Gasteiger partial charge is 0.492 e. The highest BCUT2D eigenvalue weighted by atomic mass is 16.5. The van der Waals surface area contributed by atoms with Gasteiger partial charge in [0.05, 0.1) is 0 Å². The average molecular weight is 316 g/mol. The van der Waals surface area contributed by atoms with Gasteiger partial charge in [0.1, 0.15) is 18.0 Å². The first-order chi connectivity index (χ1) is 11.1. The maximum atomic E-state index is 10.7. The molecule has 0 unspecified atom stereocenters. The summed E-state index contributed by atoms with van der Waals surface area (Å²) in [5.74, 6) is 0.897. The van der Waals surface area contributed by atoms with Crippen molar-refractivity contribution in [3.8, 4) is 5.75 Å². The van der Waals surface area contributed by atoms with Gasteiger partial charge >= 0.3 is 0 Å². The second kappa shape index (κ2) is 6.93. The van der Waals surface area contributed by atoms with Crippen molar-refractivity contribution in [2.24, 2.45) is 0 Å². The Morgan fingerprint density at radius 2 is 1.91 bits per heavy atom. The van der Waals surface area contributed by atoms with Gasteiger partial charge < -0.3 is 19.7 Å². The Morgan fingerprint density at radius 3 is 2.61 bits per heavy atom. The van der Waals surface area contributed by atoms with Crippen LogP contribution in [0, 0.1) is 0 Å². The highest BCUT2D eigenvalue weighted by molar-refractivity contribution is 5.82. The van der Waals surface area contributed by atoms with E-state index in [1.54, 1.807) is 0 Å². The predicted molar refractivity (Wildman–Crippen MR) is 93.9 cm³/mol. The maximum Gasteiger partial charge on any atom is 0.120 e. The van der Waals surface area contributed by atoms with E-state index in [0.717, 1.165) is 67.7 Å². The summed E-state index contributed by atoms with van der Waals surface area (Å²) in [4.78, 5) is 5.73. The number of rotatable bonds is 7. The van der Waals surface area contributed by atoms with Gasteiger partial charge in [-0.05, 0) is 50.2 Å². The molecule has 1 aliphatic rings. The van der Waals surface area contributed by atoms with E-state index in [1.165, 1.54) is 0 Å². The number of hydrogen-bond acceptors (Lipinski definition) is 3. The number of nitrogens with one attached hydrogen (secondary N) is 1. The molecular weight excluding hydrogens is 288 g/mol. The number of likely N-dealkylation sites (N-methyl/N-ethyl adjacent to an activating group) is 1. The van der Waals surface area contributed by atoms with Crippen LogP contribution in [0.3, 0.4) is 0 Å². The first-order valence-electron chi connectivity index (χ1n) is 8.85. The first-order valence-corrected chi connectivity index (χ1v) is 8.85. The maximum absolute atomic E-state index is 10.7. The quantitative estimate of drug-likeness (QED) is 0.820. The summed E-state index contributed by atoms with van der Waals surface area (Å²) in [6.45, 7) is 8.10. The lowest BCUT2D eigenvalue weighted by molar-refractivity contribution is 0.0407. The van der Waals surface area contributed by atoms with Gasteiger partial charge in [-0.2, -0.15) is 0 Å². The molecule has 1 aliphatic carbocycles. The first kappa shape index (κ1) is 16.3. The van der Waals surface area contributed by atoms with E-state index in [4.69, 9.17) is 4.74 Å². The average Bonchev–Trinajstić information content (AvgIpc) is 3.18. The molecule has 2 N–H and O–H groups in total. The van der Waals surface area contributed by atoms with Crippen molar-refractivity contribution < 1.29 is 9.84 Å². The third kappa shape index (κ3) is 3.54. The molecular formula is C19H28N2O2. The zero-order valence-electron chi connectivity index (χ0n) is 14.3. The van der Waals surface area contributed by atoms with Crippen LogP contribution in [0.4, 0.5) is 0 Å². The highest BCUT2D eigenvalue weighted by Gasteiger charge is 2.34. The second-order valence-electron chi connectivity index (χ2n) is 6.55. The van der Waals surface area contributed by atoms with Gasteiger partial charge in [-0.3, -0.25) is 0 Å². The van der Waals surface area contributed by atoms with E-state index in [1.807, 2.05) is 12.1 Å². The zero-order valence-corrected chi connectivity index (χ0v) is 14.3. The molecule has 0 saturated heterocycles. The summed E-state index contributed by atoms with van der Waals surface area (Å²) >= 11 is 0. The molecule has 1 aromatic carbocycles. The lowest BCUT2D eigenvalue weighted by Crippen LogP contribution is -2.27. The smallest absolute Gasteiger partial charge is 0.120 e. The summed E-state index contributed by atoms with van der Waals surface area (Å²) < 4.78 is 5.89. The molecule has 1 heterocycles. The minimum absolute atomic E-state index is 0.664. The summed E-state index contributed by atoms with van der Waals surface area (Å²) in [7, 11) is 0. The second-order valence-corrected chi connectivity index (χ2v) is 6.55. The molecule has 3 rings (SSSR count). The number of fused-ring (bicyclic) bond motifs is 1. The van der Waals surface area contributed by atoms with Crippen molar-refractivity contribution in [3.63, 3.8) is 0 Å². The third-order valence-electron chi connectivity index (χ3n) is 5.09. The van der Waals surface area contributed by atoms with E-state index < -0.39 is 5.60 Å². The summed E-state index contributed by atoms with van der Waals surface area (Å²) in [6, 6.07) is 8.20. The van der Waals surface area contributed by atoms with Crippen LogP contribution in [0.1, 0.15) is 45.2 Å². The van der Waals surface area contributed by atoms with Crippen LogP contribution in [-0.2, 0) is 5.60 Å². The number of aromatic nitrogens is 1. The van der Waals surface area contributed by atoms with E-state index in [9.17, 15) is 5.11 Å². The van der Waals surface area contributed by atoms with E-state index in [-0.39, 0.29) is 0 Å². The summed E-state index contributed by atoms with van der Waals surface area (Å²) in [6.07, 6.45) is 3.91. The van der Waals surface area contributed by atoms with Crippen LogP contribution in [0.25, 0.3) is 10.9 Å². The number of aromatic amines is 1. The molecule has 1 saturated carbocycles. The van der Waals surface area contributed by atoms with Crippen molar-refractivity contribution in [1.29, 1.82) is 0 Å². The van der Waals surface area contributed by atoms with Crippen molar-refractivity contribution in [1.82, 2.24) is 9.88 Å². The van der Waals surface area contributed by atoms with E-state index >= 15 is 0 Å². The molecule has 0 bridgehead atoms. The van der Waals surface area contributed by atoms with Crippen LogP contribution < -0.4 is 4.74 Å². The molecule has 0 spiro atoms. The third-order valence-corrected chi connectivity index (χ3v) is 5.09. The topological polar surface area (TPSA) is 48.5 Å². The van der Waals surface area contributed by atoms with Gasteiger partial charge in [0.2, 0.25) is 0 Å². The molecule has 0 radical (unpaired) electrons. The molecule has 1 fully saturated rings. The molecule has 1 aromatic heterocycles. The monoisotopic (exact) mass is 316 g/mol. The molecule has 4 nitrogen and oxygen atoms in total. The molecule has 2 aromatic rings. The standard InChI is InChI=1S/C19H28N2O2/c1-3-21(4-2)11-12-23-16-7-8-17-15(13-16)14-18(20-17)19(22)9-5-6-10-19/h7-8,13-14,20,22H,3-6,9-12H2,1-2H3. The summed E-state index contributed by atoms with van der Waals surface area (Å²) in [5.41, 5.74) is 1.35. The Bertz CT molecular complexity index is 640. The highest BCUT2D eigenvalue weighted by Crippen LogP contribution is 2.39. The minimum atomic E-state index is -0.664.